The van der Waals surface area contributed by atoms with Crippen molar-refractivity contribution in [2.45, 2.75) is 26.4 Å². The van der Waals surface area contributed by atoms with E-state index in [1.165, 1.54) is 16.7 Å². The molecule has 2 aromatic rings. The lowest BCUT2D eigenvalue weighted by Gasteiger charge is -2.17. The molecular weight excluding hydrogens is 272 g/mol. The summed E-state index contributed by atoms with van der Waals surface area (Å²) in [7, 11) is 1.60. The fraction of sp³-hybridized carbons (Fsp3) is 0.294. The Morgan fingerprint density at radius 1 is 1.15 bits per heavy atom. The normalized spacial score (nSPS) is 12.2. The second-order valence-electron chi connectivity index (χ2n) is 4.98. The second kappa shape index (κ2) is 6.29. The number of halogens is 1. The third-order valence-electron chi connectivity index (χ3n) is 3.59. The fourth-order valence-electron chi connectivity index (χ4n) is 2.44. The van der Waals surface area contributed by atoms with E-state index in [1.54, 1.807) is 25.3 Å². The van der Waals surface area contributed by atoms with Crippen LogP contribution >= 0.6 is 11.6 Å². The van der Waals surface area contributed by atoms with Crippen molar-refractivity contribution >= 4 is 11.6 Å². The molecule has 0 heterocycles. The van der Waals surface area contributed by atoms with E-state index in [1.807, 2.05) is 6.07 Å². The van der Waals surface area contributed by atoms with E-state index in [2.05, 4.69) is 26.0 Å². The summed E-state index contributed by atoms with van der Waals surface area (Å²) < 4.78 is 5.30. The number of methoxy groups -OCH3 is 1. The van der Waals surface area contributed by atoms with Crippen LogP contribution in [0, 0.1) is 13.8 Å². The van der Waals surface area contributed by atoms with Gasteiger partial charge in [-0.1, -0.05) is 29.8 Å². The molecule has 1 atom stereocenters. The Morgan fingerprint density at radius 3 is 2.40 bits per heavy atom. The van der Waals surface area contributed by atoms with Crippen LogP contribution in [0.3, 0.4) is 0 Å². The minimum Gasteiger partial charge on any atom is -0.496 e. The van der Waals surface area contributed by atoms with Crippen molar-refractivity contribution < 1.29 is 9.84 Å². The van der Waals surface area contributed by atoms with Gasteiger partial charge in [-0.25, -0.2) is 0 Å². The lowest BCUT2D eigenvalue weighted by molar-refractivity contribution is 0.173. The van der Waals surface area contributed by atoms with Crippen molar-refractivity contribution in [2.75, 3.05) is 7.11 Å². The Bertz CT molecular complexity index is 588. The highest BCUT2D eigenvalue weighted by Gasteiger charge is 2.16. The zero-order valence-electron chi connectivity index (χ0n) is 12.0. The number of aliphatic hydroxyl groups excluding tert-OH is 1. The molecule has 0 amide bonds. The highest BCUT2D eigenvalue weighted by molar-refractivity contribution is 6.30. The third-order valence-corrected chi connectivity index (χ3v) is 3.83. The van der Waals surface area contributed by atoms with Crippen molar-refractivity contribution in [1.82, 2.24) is 0 Å². The van der Waals surface area contributed by atoms with Crippen molar-refractivity contribution in [3.8, 4) is 5.75 Å². The van der Waals surface area contributed by atoms with Gasteiger partial charge >= 0.3 is 0 Å². The quantitative estimate of drug-likeness (QED) is 0.912. The summed E-state index contributed by atoms with van der Waals surface area (Å²) >= 11 is 6.02. The molecule has 0 radical (unpaired) electrons. The second-order valence-corrected chi connectivity index (χ2v) is 5.41. The van der Waals surface area contributed by atoms with E-state index in [0.29, 0.717) is 17.2 Å². The number of hydrogen-bond acceptors (Lipinski definition) is 2. The summed E-state index contributed by atoms with van der Waals surface area (Å²) in [5.74, 6) is 0.660. The molecule has 106 valence electrons. The molecule has 0 spiro atoms. The van der Waals surface area contributed by atoms with Crippen LogP contribution in [0.5, 0.6) is 5.75 Å². The van der Waals surface area contributed by atoms with E-state index in [9.17, 15) is 5.11 Å². The zero-order valence-corrected chi connectivity index (χ0v) is 12.7. The maximum absolute atomic E-state index is 10.5. The van der Waals surface area contributed by atoms with Crippen molar-refractivity contribution in [1.29, 1.82) is 0 Å². The highest BCUT2D eigenvalue weighted by Crippen LogP contribution is 2.31. The predicted molar refractivity (Wildman–Crippen MR) is 82.6 cm³/mol. The van der Waals surface area contributed by atoms with Gasteiger partial charge in [-0.2, -0.15) is 0 Å². The molecule has 0 bridgehead atoms. The first-order chi connectivity index (χ1) is 9.52. The number of rotatable bonds is 4. The van der Waals surface area contributed by atoms with E-state index in [-0.39, 0.29) is 0 Å². The van der Waals surface area contributed by atoms with Crippen molar-refractivity contribution in [3.05, 3.63) is 63.7 Å². The lowest BCUT2D eigenvalue weighted by Crippen LogP contribution is -2.06. The van der Waals surface area contributed by atoms with E-state index in [4.69, 9.17) is 16.3 Å². The Morgan fingerprint density at radius 2 is 1.80 bits per heavy atom. The maximum Gasteiger partial charge on any atom is 0.124 e. The average Bonchev–Trinajstić information content (AvgIpc) is 2.43. The highest BCUT2D eigenvalue weighted by atomic mass is 35.5. The van der Waals surface area contributed by atoms with Gasteiger partial charge in [0.15, 0.2) is 0 Å². The van der Waals surface area contributed by atoms with E-state index in [0.717, 1.165) is 5.56 Å². The fourth-order valence-corrected chi connectivity index (χ4v) is 2.62. The number of aliphatic hydroxyl groups is 1. The predicted octanol–water partition coefficient (Wildman–Crippen LogP) is 4.24. The third kappa shape index (κ3) is 3.14. The van der Waals surface area contributed by atoms with Gasteiger partial charge in [-0.3, -0.25) is 0 Å². The smallest absolute Gasteiger partial charge is 0.124 e. The Kier molecular flexibility index (Phi) is 4.69. The van der Waals surface area contributed by atoms with Gasteiger partial charge in [0.05, 0.1) is 13.2 Å². The number of ether oxygens (including phenoxy) is 1. The summed E-state index contributed by atoms with van der Waals surface area (Å²) in [6.45, 7) is 4.12. The Balaban J connectivity index is 2.33. The first kappa shape index (κ1) is 14.9. The van der Waals surface area contributed by atoms with Crippen LogP contribution in [-0.4, -0.2) is 12.2 Å². The SMILES string of the molecule is COc1ccc(Cl)cc1C(O)Cc1c(C)cccc1C. The molecule has 2 aromatic carbocycles. The van der Waals surface area contributed by atoms with Crippen LogP contribution in [0.15, 0.2) is 36.4 Å². The van der Waals surface area contributed by atoms with Gasteiger partial charge in [0, 0.05) is 17.0 Å². The summed E-state index contributed by atoms with van der Waals surface area (Å²) in [5.41, 5.74) is 4.26. The van der Waals surface area contributed by atoms with Crippen LogP contribution in [-0.2, 0) is 6.42 Å². The number of hydrogen-bond donors (Lipinski definition) is 1. The lowest BCUT2D eigenvalue weighted by atomic mass is 9.94. The molecule has 0 saturated carbocycles. The van der Waals surface area contributed by atoms with Gasteiger partial charge < -0.3 is 9.84 Å². The van der Waals surface area contributed by atoms with Crippen LogP contribution in [0.1, 0.15) is 28.4 Å². The summed E-state index contributed by atoms with van der Waals surface area (Å²) in [6.07, 6.45) is -0.0849. The van der Waals surface area contributed by atoms with Crippen LogP contribution in [0.2, 0.25) is 5.02 Å². The van der Waals surface area contributed by atoms with Gasteiger partial charge in [0.1, 0.15) is 5.75 Å². The van der Waals surface area contributed by atoms with Gasteiger partial charge in [0.2, 0.25) is 0 Å². The molecule has 3 heteroatoms. The molecule has 0 aliphatic heterocycles. The van der Waals surface area contributed by atoms with E-state index >= 15 is 0 Å². The monoisotopic (exact) mass is 290 g/mol. The minimum atomic E-state index is -0.636. The Hall–Kier alpha value is -1.51. The van der Waals surface area contributed by atoms with Crippen LogP contribution in [0.25, 0.3) is 0 Å². The summed E-state index contributed by atoms with van der Waals surface area (Å²) in [5, 5.41) is 11.1. The first-order valence-corrected chi connectivity index (χ1v) is 6.97. The number of benzene rings is 2. The molecule has 1 unspecified atom stereocenters. The topological polar surface area (TPSA) is 29.5 Å². The van der Waals surface area contributed by atoms with Gasteiger partial charge in [-0.15, -0.1) is 0 Å². The van der Waals surface area contributed by atoms with Crippen molar-refractivity contribution in [3.63, 3.8) is 0 Å². The standard InChI is InChI=1S/C17H19ClO2/c1-11-5-4-6-12(2)14(11)10-16(19)15-9-13(18)7-8-17(15)20-3/h4-9,16,19H,10H2,1-3H3. The molecule has 0 fully saturated rings. The molecule has 0 saturated heterocycles. The molecule has 20 heavy (non-hydrogen) atoms. The molecule has 2 nitrogen and oxygen atoms in total. The first-order valence-electron chi connectivity index (χ1n) is 6.59. The Labute approximate surface area is 125 Å². The zero-order chi connectivity index (χ0) is 14.7. The van der Waals surface area contributed by atoms with E-state index < -0.39 is 6.10 Å². The summed E-state index contributed by atoms with van der Waals surface area (Å²) in [4.78, 5) is 0. The van der Waals surface area contributed by atoms with Crippen molar-refractivity contribution in [2.24, 2.45) is 0 Å². The molecule has 0 aromatic heterocycles. The van der Waals surface area contributed by atoms with Gasteiger partial charge in [-0.05, 0) is 48.7 Å². The number of aryl methyl sites for hydroxylation is 2. The molecule has 2 rings (SSSR count). The van der Waals surface area contributed by atoms with Crippen LogP contribution < -0.4 is 4.74 Å². The molecule has 0 aliphatic carbocycles. The largest absolute Gasteiger partial charge is 0.496 e. The van der Waals surface area contributed by atoms with Gasteiger partial charge in [0.25, 0.3) is 0 Å². The molecule has 0 aliphatic rings. The molecule has 1 N–H and O–H groups in total. The molecular formula is C17H19ClO2. The minimum absolute atomic E-state index is 0.551. The summed E-state index contributed by atoms with van der Waals surface area (Å²) in [6, 6.07) is 11.5. The average molecular weight is 291 g/mol. The maximum atomic E-state index is 10.5. The van der Waals surface area contributed by atoms with Crippen LogP contribution in [0.4, 0.5) is 0 Å².